The number of hydrogen-bond acceptors (Lipinski definition) is 2. The van der Waals surface area contributed by atoms with E-state index in [0.717, 1.165) is 32.5 Å². The normalized spacial score (nSPS) is 22.5. The van der Waals surface area contributed by atoms with E-state index in [1.54, 1.807) is 7.11 Å². The van der Waals surface area contributed by atoms with Gasteiger partial charge in [0.15, 0.2) is 0 Å². The molecular formula is C11H20BrNO2. The van der Waals surface area contributed by atoms with Crippen LogP contribution in [-0.4, -0.2) is 42.4 Å². The van der Waals surface area contributed by atoms with Gasteiger partial charge in [0.2, 0.25) is 5.91 Å². The molecule has 15 heavy (non-hydrogen) atoms. The summed E-state index contributed by atoms with van der Waals surface area (Å²) >= 11 is 3.39. The molecule has 1 amide bonds. The molecule has 0 radical (unpaired) electrons. The van der Waals surface area contributed by atoms with E-state index >= 15 is 0 Å². The van der Waals surface area contributed by atoms with Crippen molar-refractivity contribution in [2.45, 2.75) is 31.5 Å². The van der Waals surface area contributed by atoms with Crippen molar-refractivity contribution in [1.82, 2.24) is 4.90 Å². The molecule has 1 unspecified atom stereocenters. The lowest BCUT2D eigenvalue weighted by Gasteiger charge is -2.30. The topological polar surface area (TPSA) is 29.5 Å². The quantitative estimate of drug-likeness (QED) is 0.720. The molecule has 4 heteroatoms. The van der Waals surface area contributed by atoms with Crippen molar-refractivity contribution in [3.63, 3.8) is 0 Å². The van der Waals surface area contributed by atoms with Crippen molar-refractivity contribution in [3.8, 4) is 0 Å². The molecule has 0 aromatic rings. The minimum absolute atomic E-state index is 0.0377. The summed E-state index contributed by atoms with van der Waals surface area (Å²) in [7, 11) is 1.71. The van der Waals surface area contributed by atoms with Crippen LogP contribution in [0.1, 0.15) is 26.7 Å². The number of rotatable bonds is 5. The van der Waals surface area contributed by atoms with E-state index in [0.29, 0.717) is 0 Å². The van der Waals surface area contributed by atoms with Gasteiger partial charge in [0.05, 0.1) is 4.83 Å². The van der Waals surface area contributed by atoms with E-state index in [1.807, 2.05) is 4.90 Å². The molecule has 0 N–H and O–H groups in total. The lowest BCUT2D eigenvalue weighted by Crippen LogP contribution is -2.37. The van der Waals surface area contributed by atoms with Crippen LogP contribution in [0.3, 0.4) is 0 Å². The molecule has 1 aliphatic rings. The van der Waals surface area contributed by atoms with Crippen LogP contribution in [0, 0.1) is 5.41 Å². The third-order valence-corrected chi connectivity index (χ3v) is 3.68. The highest BCUT2D eigenvalue weighted by Crippen LogP contribution is 2.26. The third kappa shape index (κ3) is 3.76. The zero-order valence-electron chi connectivity index (χ0n) is 9.75. The first-order valence-corrected chi connectivity index (χ1v) is 6.30. The molecule has 0 aliphatic carbocycles. The lowest BCUT2D eigenvalue weighted by molar-refractivity contribution is -0.128. The van der Waals surface area contributed by atoms with Crippen molar-refractivity contribution in [1.29, 1.82) is 0 Å². The Morgan fingerprint density at radius 3 is 2.73 bits per heavy atom. The number of amides is 1. The molecule has 1 heterocycles. The fourth-order valence-electron chi connectivity index (χ4n) is 1.83. The van der Waals surface area contributed by atoms with Crippen molar-refractivity contribution < 1.29 is 9.53 Å². The average Bonchev–Trinajstić information content (AvgIpc) is 2.46. The Labute approximate surface area is 100 Å². The highest BCUT2D eigenvalue weighted by molar-refractivity contribution is 9.10. The van der Waals surface area contributed by atoms with Crippen molar-refractivity contribution in [2.75, 3.05) is 26.8 Å². The van der Waals surface area contributed by atoms with Crippen LogP contribution in [-0.2, 0) is 9.53 Å². The maximum absolute atomic E-state index is 11.7. The summed E-state index contributed by atoms with van der Waals surface area (Å²) in [6, 6.07) is 0. The minimum atomic E-state index is 0.0377. The smallest absolute Gasteiger partial charge is 0.236 e. The molecule has 0 spiro atoms. The molecular weight excluding hydrogens is 258 g/mol. The van der Waals surface area contributed by atoms with Crippen LogP contribution < -0.4 is 0 Å². The summed E-state index contributed by atoms with van der Waals surface area (Å²) < 4.78 is 5.08. The monoisotopic (exact) mass is 277 g/mol. The number of halogens is 1. The van der Waals surface area contributed by atoms with Gasteiger partial charge >= 0.3 is 0 Å². The van der Waals surface area contributed by atoms with Gasteiger partial charge in [0.25, 0.3) is 0 Å². The van der Waals surface area contributed by atoms with Gasteiger partial charge in [-0.25, -0.2) is 0 Å². The molecule has 1 aliphatic heterocycles. The number of carbonyl (C=O) groups excluding carboxylic acids is 1. The zero-order valence-corrected chi connectivity index (χ0v) is 11.3. The SMILES string of the molecule is COCCC(C)(C)CN1CCC(Br)C1=O. The van der Waals surface area contributed by atoms with E-state index in [2.05, 4.69) is 29.8 Å². The second-order valence-electron chi connectivity index (χ2n) is 4.92. The van der Waals surface area contributed by atoms with Crippen LogP contribution in [0.5, 0.6) is 0 Å². The fraction of sp³-hybridized carbons (Fsp3) is 0.909. The molecule has 1 atom stereocenters. The Morgan fingerprint density at radius 1 is 1.60 bits per heavy atom. The molecule has 1 rings (SSSR count). The van der Waals surface area contributed by atoms with Crippen LogP contribution >= 0.6 is 15.9 Å². The van der Waals surface area contributed by atoms with Crippen molar-refractivity contribution in [3.05, 3.63) is 0 Å². The van der Waals surface area contributed by atoms with Gasteiger partial charge in [0.1, 0.15) is 0 Å². The van der Waals surface area contributed by atoms with Gasteiger partial charge in [-0.2, -0.15) is 0 Å². The maximum Gasteiger partial charge on any atom is 0.236 e. The molecule has 1 fully saturated rings. The summed E-state index contributed by atoms with van der Waals surface area (Å²) in [6.07, 6.45) is 1.92. The molecule has 3 nitrogen and oxygen atoms in total. The predicted octanol–water partition coefficient (Wildman–Crippen LogP) is 2.04. The summed E-state index contributed by atoms with van der Waals surface area (Å²) in [5.41, 5.74) is 0.142. The molecule has 88 valence electrons. The van der Waals surface area contributed by atoms with Gasteiger partial charge < -0.3 is 9.64 Å². The second-order valence-corrected chi connectivity index (χ2v) is 6.03. The van der Waals surface area contributed by atoms with E-state index < -0.39 is 0 Å². The van der Waals surface area contributed by atoms with Crippen LogP contribution in [0.2, 0.25) is 0 Å². The van der Waals surface area contributed by atoms with E-state index in [9.17, 15) is 4.79 Å². The number of hydrogen-bond donors (Lipinski definition) is 0. The van der Waals surface area contributed by atoms with Gasteiger partial charge in [-0.05, 0) is 18.3 Å². The summed E-state index contributed by atoms with van der Waals surface area (Å²) in [5.74, 6) is 0.237. The summed E-state index contributed by atoms with van der Waals surface area (Å²) in [4.78, 5) is 13.7. The van der Waals surface area contributed by atoms with Gasteiger partial charge in [0, 0.05) is 26.8 Å². The van der Waals surface area contributed by atoms with Crippen LogP contribution in [0.15, 0.2) is 0 Å². The Kier molecular flexibility index (Phi) is 4.59. The first-order chi connectivity index (χ1) is 6.96. The second kappa shape index (κ2) is 5.30. The van der Waals surface area contributed by atoms with Crippen molar-refractivity contribution >= 4 is 21.8 Å². The van der Waals surface area contributed by atoms with Crippen LogP contribution in [0.4, 0.5) is 0 Å². The summed E-state index contributed by atoms with van der Waals surface area (Å²) in [5, 5.41) is 0. The molecule has 0 bridgehead atoms. The number of methoxy groups -OCH3 is 1. The Balaban J connectivity index is 2.43. The Morgan fingerprint density at radius 2 is 2.27 bits per heavy atom. The standard InChI is InChI=1S/C11H20BrNO2/c1-11(2,5-7-15-3)8-13-6-4-9(12)10(13)14/h9H,4-8H2,1-3H3. The minimum Gasteiger partial charge on any atom is -0.385 e. The predicted molar refractivity (Wildman–Crippen MR) is 64.2 cm³/mol. The number of alkyl halides is 1. The Hall–Kier alpha value is -0.0900. The maximum atomic E-state index is 11.7. The largest absolute Gasteiger partial charge is 0.385 e. The molecule has 0 aromatic heterocycles. The zero-order chi connectivity index (χ0) is 11.5. The Bertz CT molecular complexity index is 231. The lowest BCUT2D eigenvalue weighted by atomic mass is 9.89. The highest BCUT2D eigenvalue weighted by atomic mass is 79.9. The molecule has 1 saturated heterocycles. The van der Waals surface area contributed by atoms with Gasteiger partial charge in [-0.15, -0.1) is 0 Å². The first kappa shape index (κ1) is 13.0. The number of likely N-dealkylation sites (tertiary alicyclic amines) is 1. The van der Waals surface area contributed by atoms with Gasteiger partial charge in [-0.1, -0.05) is 29.8 Å². The van der Waals surface area contributed by atoms with Crippen molar-refractivity contribution in [2.24, 2.45) is 5.41 Å². The fourth-order valence-corrected chi connectivity index (χ4v) is 2.33. The third-order valence-electron chi connectivity index (χ3n) is 2.83. The van der Waals surface area contributed by atoms with E-state index in [-0.39, 0.29) is 16.1 Å². The van der Waals surface area contributed by atoms with Crippen LogP contribution in [0.25, 0.3) is 0 Å². The number of ether oxygens (including phenoxy) is 1. The van der Waals surface area contributed by atoms with Gasteiger partial charge in [-0.3, -0.25) is 4.79 Å². The average molecular weight is 278 g/mol. The summed E-state index contributed by atoms with van der Waals surface area (Å²) in [6.45, 7) is 6.83. The molecule has 0 saturated carbocycles. The van der Waals surface area contributed by atoms with E-state index in [4.69, 9.17) is 4.74 Å². The van der Waals surface area contributed by atoms with E-state index in [1.165, 1.54) is 0 Å². The molecule has 0 aromatic carbocycles. The highest BCUT2D eigenvalue weighted by Gasteiger charge is 2.33. The number of carbonyl (C=O) groups is 1. The number of nitrogens with zero attached hydrogens (tertiary/aromatic N) is 1. The first-order valence-electron chi connectivity index (χ1n) is 5.38.